The highest BCUT2D eigenvalue weighted by molar-refractivity contribution is 5.96. The summed E-state index contributed by atoms with van der Waals surface area (Å²) in [5.74, 6) is 0.00705. The van der Waals surface area contributed by atoms with Crippen LogP contribution in [0, 0.1) is 0 Å². The van der Waals surface area contributed by atoms with Crippen LogP contribution in [0.1, 0.15) is 46.6 Å². The number of methoxy groups -OCH3 is 1. The van der Waals surface area contributed by atoms with E-state index in [9.17, 15) is 22.4 Å². The number of benzene rings is 2. The Labute approximate surface area is 234 Å². The van der Waals surface area contributed by atoms with Crippen LogP contribution in [0.5, 0.6) is 5.75 Å². The molecule has 41 heavy (non-hydrogen) atoms. The SMILES string of the molecule is COc1ccccc1C(=O)NCc1nnc(C2Cc3c(NC4CCN(C)CCC4F)cccc3N2CC(F)(F)F)o1. The molecule has 5 rings (SSSR count). The molecule has 2 aromatic carbocycles. The first-order valence-corrected chi connectivity index (χ1v) is 13.4. The molecule has 13 heteroatoms. The normalized spacial score (nSPS) is 21.3. The van der Waals surface area contributed by atoms with Crippen LogP contribution in [0.15, 0.2) is 46.9 Å². The van der Waals surface area contributed by atoms with E-state index in [1.807, 2.05) is 7.05 Å². The fourth-order valence-electron chi connectivity index (χ4n) is 5.39. The summed E-state index contributed by atoms with van der Waals surface area (Å²) in [5.41, 5.74) is 1.92. The van der Waals surface area contributed by atoms with Gasteiger partial charge in [0.05, 0.1) is 25.3 Å². The zero-order chi connectivity index (χ0) is 29.1. The molecular weight excluding hydrogens is 544 g/mol. The molecule has 1 amide bonds. The van der Waals surface area contributed by atoms with Crippen molar-refractivity contribution in [2.75, 3.05) is 44.0 Å². The molecule has 0 bridgehead atoms. The molecule has 0 saturated carbocycles. The van der Waals surface area contributed by atoms with Crippen LogP contribution in [-0.2, 0) is 13.0 Å². The number of amides is 1. The minimum absolute atomic E-state index is 0.00241. The minimum Gasteiger partial charge on any atom is -0.496 e. The van der Waals surface area contributed by atoms with Crippen LogP contribution in [0.3, 0.4) is 0 Å². The van der Waals surface area contributed by atoms with Crippen molar-refractivity contribution in [1.82, 2.24) is 20.4 Å². The van der Waals surface area contributed by atoms with Crippen molar-refractivity contribution in [3.63, 3.8) is 0 Å². The van der Waals surface area contributed by atoms with Gasteiger partial charge in [-0.1, -0.05) is 18.2 Å². The summed E-state index contributed by atoms with van der Waals surface area (Å²) in [4.78, 5) is 15.9. The standard InChI is InChI=1S/C28H32F4N6O3/c1-37-12-10-19(29)21(11-13-37)34-20-7-5-8-22-18(20)14-23(38(22)16-28(30,31)32)27-36-35-25(41-27)15-33-26(39)17-6-3-4-9-24(17)40-2/h3-9,19,21,23,34H,10-16H2,1-2H3,(H,33,39). The topological polar surface area (TPSA) is 95.8 Å². The third kappa shape index (κ3) is 6.55. The second kappa shape index (κ2) is 11.9. The fraction of sp³-hybridized carbons (Fsp3) is 0.464. The zero-order valence-electron chi connectivity index (χ0n) is 22.7. The van der Waals surface area contributed by atoms with E-state index in [1.165, 1.54) is 12.0 Å². The van der Waals surface area contributed by atoms with E-state index in [0.29, 0.717) is 54.2 Å². The summed E-state index contributed by atoms with van der Waals surface area (Å²) >= 11 is 0. The Balaban J connectivity index is 1.35. The lowest BCUT2D eigenvalue weighted by Crippen LogP contribution is -2.35. The maximum absolute atomic E-state index is 14.9. The minimum atomic E-state index is -4.50. The van der Waals surface area contributed by atoms with Crippen molar-refractivity contribution in [1.29, 1.82) is 0 Å². The number of fused-ring (bicyclic) bond motifs is 1. The number of ether oxygens (including phenoxy) is 1. The molecule has 1 fully saturated rings. The number of alkyl halides is 4. The van der Waals surface area contributed by atoms with Gasteiger partial charge in [0, 0.05) is 29.9 Å². The smallest absolute Gasteiger partial charge is 0.405 e. The monoisotopic (exact) mass is 576 g/mol. The maximum Gasteiger partial charge on any atom is 0.405 e. The van der Waals surface area contributed by atoms with Crippen LogP contribution in [0.25, 0.3) is 0 Å². The van der Waals surface area contributed by atoms with Gasteiger partial charge in [-0.05, 0) is 50.7 Å². The highest BCUT2D eigenvalue weighted by Crippen LogP contribution is 2.45. The maximum atomic E-state index is 14.9. The summed E-state index contributed by atoms with van der Waals surface area (Å²) in [5, 5.41) is 13.9. The summed E-state index contributed by atoms with van der Waals surface area (Å²) in [6.45, 7) is 0.0147. The lowest BCUT2D eigenvalue weighted by molar-refractivity contribution is -0.120. The Bertz CT molecular complexity index is 1370. The molecule has 0 radical (unpaired) electrons. The van der Waals surface area contributed by atoms with Gasteiger partial charge >= 0.3 is 6.18 Å². The van der Waals surface area contributed by atoms with Crippen LogP contribution in [0.2, 0.25) is 0 Å². The molecule has 3 aromatic rings. The summed E-state index contributed by atoms with van der Waals surface area (Å²) in [7, 11) is 3.40. The van der Waals surface area contributed by atoms with Crippen molar-refractivity contribution in [3.8, 4) is 5.75 Å². The zero-order valence-corrected chi connectivity index (χ0v) is 22.7. The summed E-state index contributed by atoms with van der Waals surface area (Å²) < 4.78 is 67.0. The predicted octanol–water partition coefficient (Wildman–Crippen LogP) is 4.52. The molecule has 3 unspecified atom stereocenters. The number of hydrogen-bond donors (Lipinski definition) is 2. The number of carbonyl (C=O) groups is 1. The lowest BCUT2D eigenvalue weighted by atomic mass is 10.0. The van der Waals surface area contributed by atoms with Crippen LogP contribution in [0.4, 0.5) is 28.9 Å². The van der Waals surface area contributed by atoms with Crippen molar-refractivity contribution < 1.29 is 31.5 Å². The Kier molecular flexibility index (Phi) is 8.34. The van der Waals surface area contributed by atoms with Gasteiger partial charge in [0.1, 0.15) is 24.5 Å². The molecule has 9 nitrogen and oxygen atoms in total. The molecule has 1 saturated heterocycles. The van der Waals surface area contributed by atoms with Gasteiger partial charge in [0.15, 0.2) is 0 Å². The molecule has 2 aliphatic rings. The number of aromatic nitrogens is 2. The van der Waals surface area contributed by atoms with Crippen LogP contribution in [-0.4, -0.2) is 73.2 Å². The fourth-order valence-corrected chi connectivity index (χ4v) is 5.39. The Morgan fingerprint density at radius 3 is 2.68 bits per heavy atom. The third-order valence-corrected chi connectivity index (χ3v) is 7.49. The lowest BCUT2D eigenvalue weighted by Gasteiger charge is -2.26. The van der Waals surface area contributed by atoms with Gasteiger partial charge in [-0.3, -0.25) is 4.79 Å². The molecule has 220 valence electrons. The van der Waals surface area contributed by atoms with Crippen LogP contribution < -0.4 is 20.3 Å². The predicted molar refractivity (Wildman–Crippen MR) is 144 cm³/mol. The number of halogens is 4. The van der Waals surface area contributed by atoms with E-state index in [1.54, 1.807) is 42.5 Å². The van der Waals surface area contributed by atoms with Crippen molar-refractivity contribution in [2.24, 2.45) is 0 Å². The quantitative estimate of drug-likeness (QED) is 0.378. The first kappa shape index (κ1) is 28.7. The van der Waals surface area contributed by atoms with Gasteiger partial charge in [0.2, 0.25) is 11.8 Å². The number of hydrogen-bond acceptors (Lipinski definition) is 8. The average molecular weight is 577 g/mol. The molecule has 0 spiro atoms. The van der Waals surface area contributed by atoms with E-state index in [2.05, 4.69) is 25.7 Å². The van der Waals surface area contributed by atoms with Crippen molar-refractivity contribution >= 4 is 17.3 Å². The number of nitrogens with one attached hydrogen (secondary N) is 2. The second-order valence-corrected chi connectivity index (χ2v) is 10.3. The number of anilines is 2. The number of nitrogens with zero attached hydrogens (tertiary/aromatic N) is 4. The highest BCUT2D eigenvalue weighted by Gasteiger charge is 2.42. The number of likely N-dealkylation sites (tertiary alicyclic amines) is 1. The van der Waals surface area contributed by atoms with Gasteiger partial charge in [-0.15, -0.1) is 10.2 Å². The van der Waals surface area contributed by atoms with E-state index < -0.39 is 36.9 Å². The Hall–Kier alpha value is -3.87. The average Bonchev–Trinajstić information content (AvgIpc) is 3.52. The number of carbonyl (C=O) groups excluding carboxylic acids is 1. The van der Waals surface area contributed by atoms with E-state index in [-0.39, 0.29) is 24.7 Å². The number of rotatable bonds is 8. The Morgan fingerprint density at radius 2 is 1.90 bits per heavy atom. The van der Waals surface area contributed by atoms with Crippen molar-refractivity contribution in [2.45, 2.75) is 50.2 Å². The molecule has 1 aromatic heterocycles. The molecule has 2 N–H and O–H groups in total. The third-order valence-electron chi connectivity index (χ3n) is 7.49. The van der Waals surface area contributed by atoms with Gasteiger partial charge in [-0.2, -0.15) is 13.2 Å². The first-order valence-electron chi connectivity index (χ1n) is 13.4. The molecule has 3 atom stereocenters. The molecule has 3 heterocycles. The second-order valence-electron chi connectivity index (χ2n) is 10.3. The van der Waals surface area contributed by atoms with E-state index in [4.69, 9.17) is 9.15 Å². The Morgan fingerprint density at radius 1 is 1.12 bits per heavy atom. The molecule has 0 aliphatic carbocycles. The largest absolute Gasteiger partial charge is 0.496 e. The van der Waals surface area contributed by atoms with E-state index >= 15 is 0 Å². The molecular formula is C28H32F4N6O3. The van der Waals surface area contributed by atoms with Gasteiger partial charge < -0.3 is 29.6 Å². The summed E-state index contributed by atoms with van der Waals surface area (Å²) in [6, 6.07) is 10.4. The van der Waals surface area contributed by atoms with Gasteiger partial charge in [-0.25, -0.2) is 4.39 Å². The van der Waals surface area contributed by atoms with Crippen LogP contribution >= 0.6 is 0 Å². The first-order chi connectivity index (χ1) is 19.6. The molecule has 2 aliphatic heterocycles. The summed E-state index contributed by atoms with van der Waals surface area (Å²) in [6.07, 6.45) is -4.46. The van der Waals surface area contributed by atoms with Crippen molar-refractivity contribution in [3.05, 3.63) is 65.4 Å². The van der Waals surface area contributed by atoms with Gasteiger partial charge in [0.25, 0.3) is 5.91 Å². The highest BCUT2D eigenvalue weighted by atomic mass is 19.4. The van der Waals surface area contributed by atoms with E-state index in [0.717, 1.165) is 0 Å². The number of para-hydroxylation sites is 1.